The third-order valence-corrected chi connectivity index (χ3v) is 10.7. The maximum atomic E-state index is 12.8. The number of aromatic nitrogens is 2. The number of fused-ring (bicyclic) bond motifs is 1. The number of thioether (sulfide) groups is 1. The van der Waals surface area contributed by atoms with Crippen molar-refractivity contribution >= 4 is 44.4 Å². The number of hydrogen-bond acceptors (Lipinski definition) is 8. The summed E-state index contributed by atoms with van der Waals surface area (Å²) in [5, 5.41) is 3.58. The van der Waals surface area contributed by atoms with E-state index in [9.17, 15) is 17.8 Å². The Bertz CT molecular complexity index is 1500. The van der Waals surface area contributed by atoms with Crippen LogP contribution < -0.4 is 5.43 Å². The van der Waals surface area contributed by atoms with Gasteiger partial charge in [-0.1, -0.05) is 157 Å². The van der Waals surface area contributed by atoms with Crippen LogP contribution in [0.2, 0.25) is 0 Å². The fourth-order valence-electron chi connectivity index (χ4n) is 5.78. The zero-order valence-corrected chi connectivity index (χ0v) is 28.1. The van der Waals surface area contributed by atoms with Crippen LogP contribution >= 0.6 is 11.8 Å². The Morgan fingerprint density at radius 1 is 0.822 bits per heavy atom. The molecule has 0 spiro atoms. The summed E-state index contributed by atoms with van der Waals surface area (Å²) in [5.41, 5.74) is 4.84. The molecule has 0 aliphatic carbocycles. The molecule has 10 heteroatoms. The Hall–Kier alpha value is -2.82. The van der Waals surface area contributed by atoms with Crippen molar-refractivity contribution in [3.63, 3.8) is 0 Å². The van der Waals surface area contributed by atoms with Crippen molar-refractivity contribution in [3.8, 4) is 0 Å². The highest BCUT2D eigenvalue weighted by Crippen LogP contribution is 2.35. The molecule has 4 rings (SSSR count). The lowest BCUT2D eigenvalue weighted by Gasteiger charge is -2.23. The van der Waals surface area contributed by atoms with E-state index in [2.05, 4.69) is 27.4 Å². The van der Waals surface area contributed by atoms with Crippen LogP contribution in [0.5, 0.6) is 0 Å². The molecule has 0 bridgehead atoms. The zero-order valence-electron chi connectivity index (χ0n) is 26.5. The third kappa shape index (κ3) is 11.2. The second-order valence-corrected chi connectivity index (χ2v) is 14.7. The van der Waals surface area contributed by atoms with Gasteiger partial charge in [0.1, 0.15) is 26.2 Å². The van der Waals surface area contributed by atoms with Gasteiger partial charge in [0.15, 0.2) is 0 Å². The highest BCUT2D eigenvalue weighted by molar-refractivity contribution is 8.00. The van der Waals surface area contributed by atoms with Crippen molar-refractivity contribution in [2.75, 3.05) is 0 Å². The molecule has 1 amide bonds. The van der Waals surface area contributed by atoms with Crippen LogP contribution in [-0.4, -0.2) is 39.8 Å². The van der Waals surface area contributed by atoms with Crippen LogP contribution in [0.1, 0.15) is 126 Å². The Morgan fingerprint density at radius 3 is 2.02 bits per heavy atom. The van der Waals surface area contributed by atoms with Crippen LogP contribution in [-0.2, 0) is 14.9 Å². The first-order valence-corrected chi connectivity index (χ1v) is 19.0. The van der Waals surface area contributed by atoms with Crippen molar-refractivity contribution in [2.45, 2.75) is 125 Å². The molecule has 1 aliphatic rings. The van der Waals surface area contributed by atoms with Crippen molar-refractivity contribution in [1.82, 2.24) is 15.4 Å². The lowest BCUT2D eigenvalue weighted by atomic mass is 10.0. The minimum absolute atomic E-state index is 0.00839. The van der Waals surface area contributed by atoms with Crippen LogP contribution in [0.3, 0.4) is 0 Å². The van der Waals surface area contributed by atoms with E-state index >= 15 is 0 Å². The van der Waals surface area contributed by atoms with Crippen LogP contribution in [0, 0.1) is 0 Å². The quantitative estimate of drug-likeness (QED) is 0.0738. The van der Waals surface area contributed by atoms with Gasteiger partial charge in [-0.2, -0.15) is 5.10 Å². The van der Waals surface area contributed by atoms with E-state index in [4.69, 9.17) is 0 Å². The number of benzene rings is 2. The van der Waals surface area contributed by atoms with Crippen LogP contribution in [0.15, 0.2) is 64.7 Å². The lowest BCUT2D eigenvalue weighted by Crippen LogP contribution is -2.37. The molecule has 3 aromatic rings. The van der Waals surface area contributed by atoms with E-state index in [-0.39, 0.29) is 18.2 Å². The summed E-state index contributed by atoms with van der Waals surface area (Å²) in [6, 6.07) is 16.9. The molecular weight excluding hydrogens is 605 g/mol. The molecule has 1 aliphatic heterocycles. The third-order valence-electron chi connectivity index (χ3n) is 8.37. The summed E-state index contributed by atoms with van der Waals surface area (Å²) in [7, 11) is -4.69. The van der Waals surface area contributed by atoms with E-state index in [0.717, 1.165) is 30.5 Å². The normalized spacial score (nSPS) is 16.0. The minimum atomic E-state index is -4.69. The fourth-order valence-corrected chi connectivity index (χ4v) is 7.71. The van der Waals surface area contributed by atoms with Crippen LogP contribution in [0.25, 0.3) is 10.9 Å². The minimum Gasteiger partial charge on any atom is -0.747 e. The summed E-state index contributed by atoms with van der Waals surface area (Å²) in [5.74, 6) is -0.242. The van der Waals surface area contributed by atoms with Crippen LogP contribution in [0.4, 0.5) is 0 Å². The van der Waals surface area contributed by atoms with Gasteiger partial charge in [0.05, 0.1) is 16.5 Å². The predicted octanol–water partition coefficient (Wildman–Crippen LogP) is 8.47. The van der Waals surface area contributed by atoms with E-state index in [1.54, 1.807) is 6.07 Å². The summed E-state index contributed by atoms with van der Waals surface area (Å²) in [4.78, 5) is 22.0. The number of nitrogens with one attached hydrogen (secondary N) is 1. The lowest BCUT2D eigenvalue weighted by molar-refractivity contribution is -0.120. The molecule has 0 saturated heterocycles. The van der Waals surface area contributed by atoms with Gasteiger partial charge in [-0.3, -0.25) is 4.79 Å². The fraction of sp³-hybridized carbons (Fsp3) is 0.543. The largest absolute Gasteiger partial charge is 0.747 e. The predicted molar refractivity (Wildman–Crippen MR) is 182 cm³/mol. The highest BCUT2D eigenvalue weighted by Gasteiger charge is 2.29. The number of carbonyl (C=O) groups is 1. The Morgan fingerprint density at radius 2 is 1.40 bits per heavy atom. The average Bonchev–Trinajstić information content (AvgIpc) is 3.03. The maximum absolute atomic E-state index is 12.8. The maximum Gasteiger partial charge on any atom is 0.254 e. The molecule has 2 aromatic carbocycles. The van der Waals surface area contributed by atoms with E-state index in [1.165, 1.54) is 76.0 Å². The van der Waals surface area contributed by atoms with Gasteiger partial charge in [0.25, 0.3) is 5.91 Å². The molecule has 2 unspecified atom stereocenters. The molecule has 2 atom stereocenters. The number of carbonyl (C=O) groups excluding carboxylic acids is 1. The highest BCUT2D eigenvalue weighted by atomic mass is 32.2. The molecule has 0 radical (unpaired) electrons. The molecule has 0 saturated carbocycles. The number of hydrazone groups is 1. The Labute approximate surface area is 273 Å². The summed E-state index contributed by atoms with van der Waals surface area (Å²) >= 11 is 1.25. The number of rotatable bonds is 20. The smallest absolute Gasteiger partial charge is 0.254 e. The van der Waals surface area contributed by atoms with Gasteiger partial charge in [0, 0.05) is 11.8 Å². The van der Waals surface area contributed by atoms with Gasteiger partial charge < -0.3 is 4.55 Å². The van der Waals surface area contributed by atoms with E-state index < -0.39 is 20.6 Å². The van der Waals surface area contributed by atoms with Crippen molar-refractivity contribution in [2.24, 2.45) is 5.10 Å². The molecule has 8 nitrogen and oxygen atoms in total. The second-order valence-electron chi connectivity index (χ2n) is 12.0. The average molecular weight is 652 g/mol. The number of hydrogen-bond donors (Lipinski definition) is 1. The Kier molecular flexibility index (Phi) is 14.3. The molecule has 0 fully saturated rings. The number of nitrogens with zero attached hydrogens (tertiary/aromatic N) is 3. The molecule has 244 valence electrons. The number of unbranched alkanes of at least 4 members (excludes halogenated alkanes) is 13. The van der Waals surface area contributed by atoms with Gasteiger partial charge in [-0.05, 0) is 18.1 Å². The van der Waals surface area contributed by atoms with Gasteiger partial charge >= 0.3 is 0 Å². The topological polar surface area (TPSA) is 124 Å². The zero-order chi connectivity index (χ0) is 31.9. The first-order valence-electron chi connectivity index (χ1n) is 16.7. The second kappa shape index (κ2) is 18.4. The van der Waals surface area contributed by atoms with E-state index in [1.807, 2.05) is 48.5 Å². The van der Waals surface area contributed by atoms with Crippen molar-refractivity contribution < 1.29 is 17.8 Å². The number of amides is 1. The SMILES string of the molecule is CCCCCCCCCCCCCCCCC(c1nc(SC2CC(c3ccccc3)=NNC2=O)c2ccccc2n1)S(=O)(=O)[O-]. The Balaban J connectivity index is 1.33. The van der Waals surface area contributed by atoms with Gasteiger partial charge in [-0.25, -0.2) is 23.8 Å². The van der Waals surface area contributed by atoms with Gasteiger partial charge in [0.2, 0.25) is 0 Å². The standard InChI is InChI=1S/C35H48N4O4S2/c1-2-3-4-5-6-7-8-9-10-11-12-13-14-18-25-32(45(41,42)43)33-36-29-24-20-19-23-28(29)35(37-33)44-31-26-30(38-39-34(31)40)27-21-16-15-17-22-27/h15-17,19-24,31-32H,2-14,18,25-26H2,1H3,(H,39,40)(H,41,42,43)/p-1. The molecule has 45 heavy (non-hydrogen) atoms. The first kappa shape index (κ1) is 35.0. The first-order chi connectivity index (χ1) is 21.9. The summed E-state index contributed by atoms with van der Waals surface area (Å²) in [6.45, 7) is 2.25. The van der Waals surface area contributed by atoms with Crippen molar-refractivity contribution in [3.05, 3.63) is 66.0 Å². The van der Waals surface area contributed by atoms with Crippen molar-refractivity contribution in [1.29, 1.82) is 0 Å². The van der Waals surface area contributed by atoms with Gasteiger partial charge in [-0.15, -0.1) is 0 Å². The number of para-hydroxylation sites is 1. The molecule has 1 aromatic heterocycles. The monoisotopic (exact) mass is 651 g/mol. The molecule has 1 N–H and O–H groups in total. The molecule has 2 heterocycles. The summed E-state index contributed by atoms with van der Waals surface area (Å²) < 4.78 is 37.4. The van der Waals surface area contributed by atoms with E-state index in [0.29, 0.717) is 28.8 Å². The summed E-state index contributed by atoms with van der Waals surface area (Å²) in [6.07, 6.45) is 17.3. The molecular formula is C35H47N4O4S2-.